The number of amides is 3. The van der Waals surface area contributed by atoms with Gasteiger partial charge in [-0.1, -0.05) is 6.42 Å². The SMILES string of the molecule is O=C[C@H](C[C@@H]1CCNC1=O)NC(=O)[C@H]1C2CCCC2CN1C(=O)c1cccnc1. The molecule has 0 radical (unpaired) electrons. The molecule has 2 unspecified atom stereocenters. The van der Waals surface area contributed by atoms with Crippen LogP contribution >= 0.6 is 0 Å². The van der Waals surface area contributed by atoms with Gasteiger partial charge in [-0.3, -0.25) is 19.4 Å². The van der Waals surface area contributed by atoms with Crippen LogP contribution in [-0.2, 0) is 14.4 Å². The molecule has 0 spiro atoms. The van der Waals surface area contributed by atoms with E-state index in [1.54, 1.807) is 23.2 Å². The van der Waals surface area contributed by atoms with Crippen LogP contribution in [0.1, 0.15) is 42.5 Å². The maximum Gasteiger partial charge on any atom is 0.256 e. The molecule has 3 fully saturated rings. The molecule has 0 aromatic carbocycles. The molecule has 1 aromatic heterocycles. The molecule has 3 amide bonds. The molecule has 0 bridgehead atoms. The lowest BCUT2D eigenvalue weighted by Crippen LogP contribution is -2.51. The second kappa shape index (κ2) is 8.31. The number of pyridine rings is 1. The summed E-state index contributed by atoms with van der Waals surface area (Å²) in [5, 5.41) is 5.56. The minimum absolute atomic E-state index is 0.0730. The van der Waals surface area contributed by atoms with E-state index in [9.17, 15) is 19.2 Å². The Morgan fingerprint density at radius 1 is 1.34 bits per heavy atom. The predicted molar refractivity (Wildman–Crippen MR) is 104 cm³/mol. The van der Waals surface area contributed by atoms with Crippen molar-refractivity contribution in [2.75, 3.05) is 13.1 Å². The van der Waals surface area contributed by atoms with E-state index >= 15 is 0 Å². The average Bonchev–Trinajstić information content (AvgIpc) is 3.43. The Balaban J connectivity index is 1.49. The van der Waals surface area contributed by atoms with Crippen molar-refractivity contribution in [3.8, 4) is 0 Å². The van der Waals surface area contributed by atoms with Crippen molar-refractivity contribution in [2.45, 2.75) is 44.2 Å². The van der Waals surface area contributed by atoms with Gasteiger partial charge in [-0.2, -0.15) is 0 Å². The minimum atomic E-state index is -0.729. The maximum absolute atomic E-state index is 13.2. The van der Waals surface area contributed by atoms with Gasteiger partial charge in [-0.05, 0) is 49.7 Å². The Hall–Kier alpha value is -2.77. The zero-order valence-electron chi connectivity index (χ0n) is 16.3. The van der Waals surface area contributed by atoms with Gasteiger partial charge in [-0.15, -0.1) is 0 Å². The highest BCUT2D eigenvalue weighted by Gasteiger charge is 2.49. The van der Waals surface area contributed by atoms with Crippen molar-refractivity contribution in [2.24, 2.45) is 17.8 Å². The summed E-state index contributed by atoms with van der Waals surface area (Å²) >= 11 is 0. The van der Waals surface area contributed by atoms with Crippen molar-refractivity contribution in [3.05, 3.63) is 30.1 Å². The highest BCUT2D eigenvalue weighted by atomic mass is 16.2. The van der Waals surface area contributed by atoms with Crippen LogP contribution in [0, 0.1) is 17.8 Å². The van der Waals surface area contributed by atoms with Gasteiger partial charge in [-0.25, -0.2) is 0 Å². The fourth-order valence-corrected chi connectivity index (χ4v) is 5.10. The van der Waals surface area contributed by atoms with Crippen molar-refractivity contribution in [1.82, 2.24) is 20.5 Å². The molecule has 3 aliphatic rings. The normalized spacial score (nSPS) is 29.2. The molecule has 8 nitrogen and oxygen atoms in total. The lowest BCUT2D eigenvalue weighted by Gasteiger charge is -2.28. The third-order valence-corrected chi connectivity index (χ3v) is 6.52. The number of nitrogens with one attached hydrogen (secondary N) is 2. The number of aldehydes is 1. The topological polar surface area (TPSA) is 108 Å². The van der Waals surface area contributed by atoms with E-state index < -0.39 is 12.1 Å². The van der Waals surface area contributed by atoms with E-state index in [1.807, 2.05) is 0 Å². The molecule has 1 saturated carbocycles. The number of hydrogen-bond donors (Lipinski definition) is 2. The zero-order chi connectivity index (χ0) is 20.4. The number of nitrogens with zero attached hydrogens (tertiary/aromatic N) is 2. The quantitative estimate of drug-likeness (QED) is 0.680. The van der Waals surface area contributed by atoms with Gasteiger partial charge < -0.3 is 20.3 Å². The van der Waals surface area contributed by atoms with Crippen LogP contribution in [0.25, 0.3) is 0 Å². The molecule has 1 aromatic rings. The lowest BCUT2D eigenvalue weighted by molar-refractivity contribution is -0.129. The van der Waals surface area contributed by atoms with Crippen LogP contribution in [0.2, 0.25) is 0 Å². The van der Waals surface area contributed by atoms with Crippen molar-refractivity contribution >= 4 is 24.0 Å². The fourth-order valence-electron chi connectivity index (χ4n) is 5.10. The molecule has 5 atom stereocenters. The van der Waals surface area contributed by atoms with Gasteiger partial charge in [0.1, 0.15) is 12.3 Å². The number of carbonyl (C=O) groups is 4. The molecule has 4 rings (SSSR count). The lowest BCUT2D eigenvalue weighted by atomic mass is 9.92. The summed E-state index contributed by atoms with van der Waals surface area (Å²) in [5.41, 5.74) is 0.458. The number of fused-ring (bicyclic) bond motifs is 1. The second-order valence-corrected chi connectivity index (χ2v) is 8.26. The largest absolute Gasteiger partial charge is 0.356 e. The van der Waals surface area contributed by atoms with E-state index in [4.69, 9.17) is 0 Å². The van der Waals surface area contributed by atoms with Crippen LogP contribution in [0.15, 0.2) is 24.5 Å². The van der Waals surface area contributed by atoms with Crippen molar-refractivity contribution in [1.29, 1.82) is 0 Å². The number of rotatable bonds is 6. The number of likely N-dealkylation sites (tertiary alicyclic amines) is 1. The summed E-state index contributed by atoms with van der Waals surface area (Å²) in [7, 11) is 0. The van der Waals surface area contributed by atoms with Crippen LogP contribution in [-0.4, -0.2) is 59.1 Å². The first-order valence-corrected chi connectivity index (χ1v) is 10.3. The van der Waals surface area contributed by atoms with Crippen LogP contribution in [0.5, 0.6) is 0 Å². The summed E-state index contributed by atoms with van der Waals surface area (Å²) < 4.78 is 0. The molecule has 8 heteroatoms. The van der Waals surface area contributed by atoms with Gasteiger partial charge in [0.15, 0.2) is 0 Å². The van der Waals surface area contributed by atoms with Gasteiger partial charge in [0.2, 0.25) is 11.8 Å². The molecule has 3 heterocycles. The van der Waals surface area contributed by atoms with Crippen molar-refractivity contribution in [3.63, 3.8) is 0 Å². The Morgan fingerprint density at radius 3 is 2.90 bits per heavy atom. The van der Waals surface area contributed by atoms with Crippen LogP contribution in [0.3, 0.4) is 0 Å². The van der Waals surface area contributed by atoms with Gasteiger partial charge >= 0.3 is 0 Å². The van der Waals surface area contributed by atoms with Gasteiger partial charge in [0.25, 0.3) is 5.91 Å². The minimum Gasteiger partial charge on any atom is -0.356 e. The Kier molecular flexibility index (Phi) is 5.60. The smallest absolute Gasteiger partial charge is 0.256 e. The molecule has 2 N–H and O–H groups in total. The third kappa shape index (κ3) is 3.88. The van der Waals surface area contributed by atoms with Crippen molar-refractivity contribution < 1.29 is 19.2 Å². The third-order valence-electron chi connectivity index (χ3n) is 6.52. The maximum atomic E-state index is 13.2. The van der Waals surface area contributed by atoms with E-state index in [0.717, 1.165) is 19.3 Å². The van der Waals surface area contributed by atoms with Gasteiger partial charge in [0.05, 0.1) is 11.6 Å². The van der Waals surface area contributed by atoms with Crippen LogP contribution < -0.4 is 10.6 Å². The monoisotopic (exact) mass is 398 g/mol. The fraction of sp³-hybridized carbons (Fsp3) is 0.571. The highest BCUT2D eigenvalue weighted by molar-refractivity contribution is 5.98. The molecule has 154 valence electrons. The summed E-state index contributed by atoms with van der Waals surface area (Å²) in [4.78, 5) is 55.3. The zero-order valence-corrected chi connectivity index (χ0v) is 16.3. The second-order valence-electron chi connectivity index (χ2n) is 8.26. The molecular weight excluding hydrogens is 372 g/mol. The van der Waals surface area contributed by atoms with E-state index in [0.29, 0.717) is 43.7 Å². The first kappa shape index (κ1) is 19.5. The Morgan fingerprint density at radius 2 is 2.21 bits per heavy atom. The predicted octanol–water partition coefficient (Wildman–Crippen LogP) is 0.532. The Bertz CT molecular complexity index is 799. The molecule has 2 aliphatic heterocycles. The molecule has 2 saturated heterocycles. The standard InChI is InChI=1S/C21H26N4O4/c26-12-16(9-13-6-8-23-19(13)27)24-20(28)18-17-5-1-3-15(17)11-25(18)21(29)14-4-2-7-22-10-14/h2,4,7,10,12-13,15-18H,1,3,5-6,8-9,11H2,(H,23,27)(H,24,28)/t13-,15?,16-,17?,18+/m0/s1. The highest BCUT2D eigenvalue weighted by Crippen LogP contribution is 2.42. The number of carbonyl (C=O) groups excluding carboxylic acids is 4. The van der Waals surface area contributed by atoms with Gasteiger partial charge in [0, 0.05) is 31.4 Å². The van der Waals surface area contributed by atoms with E-state index in [-0.39, 0.29) is 29.6 Å². The molecule has 29 heavy (non-hydrogen) atoms. The first-order valence-electron chi connectivity index (χ1n) is 10.3. The summed E-state index contributed by atoms with van der Waals surface area (Å²) in [6.45, 7) is 1.15. The first-order chi connectivity index (χ1) is 14.1. The molecule has 1 aliphatic carbocycles. The summed E-state index contributed by atoms with van der Waals surface area (Å²) in [6.07, 6.45) is 7.72. The Labute approximate surface area is 169 Å². The van der Waals surface area contributed by atoms with E-state index in [2.05, 4.69) is 15.6 Å². The van der Waals surface area contributed by atoms with Crippen LogP contribution in [0.4, 0.5) is 0 Å². The van der Waals surface area contributed by atoms with E-state index in [1.165, 1.54) is 6.20 Å². The molecular formula is C21H26N4O4. The average molecular weight is 398 g/mol. The summed E-state index contributed by atoms with van der Waals surface area (Å²) in [5.74, 6) is -0.422. The summed E-state index contributed by atoms with van der Waals surface area (Å²) in [6, 6.07) is 2.08. The number of hydrogen-bond acceptors (Lipinski definition) is 5. The number of aromatic nitrogens is 1.